The second-order valence-corrected chi connectivity index (χ2v) is 8.86. The Hall–Kier alpha value is -0.0400. The monoisotopic (exact) mass is 363 g/mol. The quantitative estimate of drug-likeness (QED) is 0.872. The average Bonchev–Trinajstić information content (AvgIpc) is 2.27. The number of sulfonamides is 1. The summed E-state index contributed by atoms with van der Waals surface area (Å²) in [5.41, 5.74) is 1.03. The maximum absolute atomic E-state index is 12.3. The van der Waals surface area contributed by atoms with E-state index in [0.29, 0.717) is 15.9 Å². The van der Waals surface area contributed by atoms with Gasteiger partial charge in [-0.15, -0.1) is 0 Å². The lowest BCUT2D eigenvalue weighted by Gasteiger charge is -2.40. The molecule has 0 bridgehead atoms. The van der Waals surface area contributed by atoms with Crippen molar-refractivity contribution < 1.29 is 8.42 Å². The van der Waals surface area contributed by atoms with Gasteiger partial charge in [0.05, 0.1) is 4.90 Å². The van der Waals surface area contributed by atoms with Crippen molar-refractivity contribution in [1.29, 1.82) is 0 Å². The van der Waals surface area contributed by atoms with E-state index in [0.717, 1.165) is 18.4 Å². The highest BCUT2D eigenvalue weighted by Crippen LogP contribution is 2.42. The van der Waals surface area contributed by atoms with E-state index < -0.39 is 10.0 Å². The van der Waals surface area contributed by atoms with Crippen molar-refractivity contribution >= 4 is 37.7 Å². The Kier molecular flexibility index (Phi) is 4.65. The van der Waals surface area contributed by atoms with E-state index in [1.54, 1.807) is 17.8 Å². The van der Waals surface area contributed by atoms with E-state index in [1.807, 2.05) is 19.1 Å². The molecular weight excluding hydrogens is 346 g/mol. The molecular formula is C13H18BrNO2S2. The Balaban J connectivity index is 2.14. The van der Waals surface area contributed by atoms with Gasteiger partial charge in [-0.2, -0.15) is 11.8 Å². The minimum absolute atomic E-state index is 0.101. The van der Waals surface area contributed by atoms with Crippen molar-refractivity contribution in [2.45, 2.75) is 35.8 Å². The third kappa shape index (κ3) is 3.35. The van der Waals surface area contributed by atoms with Crippen LogP contribution in [0.1, 0.15) is 24.8 Å². The molecule has 19 heavy (non-hydrogen) atoms. The van der Waals surface area contributed by atoms with Crippen LogP contribution >= 0.6 is 27.7 Å². The molecule has 0 unspecified atom stereocenters. The van der Waals surface area contributed by atoms with E-state index >= 15 is 0 Å². The van der Waals surface area contributed by atoms with Gasteiger partial charge in [0, 0.05) is 15.8 Å². The number of benzene rings is 1. The van der Waals surface area contributed by atoms with E-state index in [2.05, 4.69) is 26.9 Å². The molecule has 1 aromatic carbocycles. The molecule has 0 atom stereocenters. The van der Waals surface area contributed by atoms with Crippen LogP contribution in [0.15, 0.2) is 27.6 Å². The maximum Gasteiger partial charge on any atom is 0.241 e. The molecule has 0 saturated heterocycles. The first-order valence-electron chi connectivity index (χ1n) is 6.20. The third-order valence-corrected chi connectivity index (χ3v) is 7.46. The zero-order valence-corrected chi connectivity index (χ0v) is 14.3. The molecule has 0 aromatic heterocycles. The number of nitrogens with one attached hydrogen (secondary N) is 1. The Bertz CT molecular complexity index is 562. The molecule has 6 heteroatoms. The standard InChI is InChI=1S/C13H18BrNO2S2/c1-10-4-5-12(11(14)8-10)19(16,17)15-9-13(18-2)6-3-7-13/h4-5,8,15H,3,6-7,9H2,1-2H3. The van der Waals surface area contributed by atoms with Gasteiger partial charge in [0.1, 0.15) is 0 Å². The van der Waals surface area contributed by atoms with Crippen molar-refractivity contribution in [1.82, 2.24) is 4.72 Å². The summed E-state index contributed by atoms with van der Waals surface area (Å²) < 4.78 is 28.1. The van der Waals surface area contributed by atoms with E-state index in [-0.39, 0.29) is 4.75 Å². The van der Waals surface area contributed by atoms with Crippen LogP contribution < -0.4 is 4.72 Å². The topological polar surface area (TPSA) is 46.2 Å². The minimum Gasteiger partial charge on any atom is -0.210 e. The molecule has 1 aliphatic rings. The van der Waals surface area contributed by atoms with Crippen LogP contribution in [0.25, 0.3) is 0 Å². The summed E-state index contributed by atoms with van der Waals surface area (Å²) in [6.45, 7) is 2.45. The fourth-order valence-electron chi connectivity index (χ4n) is 2.15. The second-order valence-electron chi connectivity index (χ2n) is 5.00. The Morgan fingerprint density at radius 3 is 2.58 bits per heavy atom. The molecule has 0 radical (unpaired) electrons. The van der Waals surface area contributed by atoms with Crippen molar-refractivity contribution in [3.05, 3.63) is 28.2 Å². The van der Waals surface area contributed by atoms with E-state index in [4.69, 9.17) is 0 Å². The molecule has 2 rings (SSSR count). The lowest BCUT2D eigenvalue weighted by atomic mass is 9.84. The van der Waals surface area contributed by atoms with Crippen LogP contribution in [-0.4, -0.2) is 26.0 Å². The second kappa shape index (κ2) is 5.76. The summed E-state index contributed by atoms with van der Waals surface area (Å²) in [6, 6.07) is 5.28. The number of hydrogen-bond acceptors (Lipinski definition) is 3. The van der Waals surface area contributed by atoms with E-state index in [1.165, 1.54) is 6.42 Å². The number of halogens is 1. The van der Waals surface area contributed by atoms with Crippen LogP contribution in [0.2, 0.25) is 0 Å². The predicted octanol–water partition coefficient (Wildman–Crippen LogP) is 3.32. The van der Waals surface area contributed by atoms with Crippen LogP contribution in [0.4, 0.5) is 0 Å². The highest BCUT2D eigenvalue weighted by Gasteiger charge is 2.37. The zero-order chi connectivity index (χ0) is 14.1. The first-order valence-corrected chi connectivity index (χ1v) is 9.70. The Morgan fingerprint density at radius 2 is 2.11 bits per heavy atom. The maximum atomic E-state index is 12.3. The predicted molar refractivity (Wildman–Crippen MR) is 84.2 cm³/mol. The van der Waals surface area contributed by atoms with Crippen LogP contribution in [0.5, 0.6) is 0 Å². The summed E-state index contributed by atoms with van der Waals surface area (Å²) in [7, 11) is -3.44. The molecule has 0 spiro atoms. The lowest BCUT2D eigenvalue weighted by Crippen LogP contribution is -2.45. The summed E-state index contributed by atoms with van der Waals surface area (Å²) in [4.78, 5) is 0.314. The molecule has 1 aliphatic carbocycles. The first kappa shape index (κ1) is 15.4. The summed E-state index contributed by atoms with van der Waals surface area (Å²) >= 11 is 5.09. The number of thioether (sulfide) groups is 1. The van der Waals surface area contributed by atoms with Gasteiger partial charge in [-0.3, -0.25) is 0 Å². The number of hydrogen-bond donors (Lipinski definition) is 1. The fourth-order valence-corrected chi connectivity index (χ4v) is 5.47. The molecule has 106 valence electrons. The molecule has 1 saturated carbocycles. The average molecular weight is 364 g/mol. The van der Waals surface area contributed by atoms with Gasteiger partial charge >= 0.3 is 0 Å². The largest absolute Gasteiger partial charge is 0.241 e. The van der Waals surface area contributed by atoms with Crippen LogP contribution in [0.3, 0.4) is 0 Å². The fraction of sp³-hybridized carbons (Fsp3) is 0.538. The number of rotatable bonds is 5. The van der Waals surface area contributed by atoms with Crippen molar-refractivity contribution in [2.75, 3.05) is 12.8 Å². The third-order valence-electron chi connectivity index (χ3n) is 3.66. The highest BCUT2D eigenvalue weighted by atomic mass is 79.9. The van der Waals surface area contributed by atoms with Crippen molar-refractivity contribution in [3.8, 4) is 0 Å². The van der Waals surface area contributed by atoms with Crippen molar-refractivity contribution in [3.63, 3.8) is 0 Å². The van der Waals surface area contributed by atoms with Gasteiger partial charge < -0.3 is 0 Å². The lowest BCUT2D eigenvalue weighted by molar-refractivity contribution is 0.362. The Labute approximate surface area is 127 Å². The normalized spacial score (nSPS) is 18.1. The molecule has 0 amide bonds. The highest BCUT2D eigenvalue weighted by molar-refractivity contribution is 9.10. The van der Waals surface area contributed by atoms with Gasteiger partial charge in [0.15, 0.2) is 0 Å². The van der Waals surface area contributed by atoms with Gasteiger partial charge in [-0.25, -0.2) is 13.1 Å². The SMILES string of the molecule is CSC1(CNS(=O)(=O)c2ccc(C)cc2Br)CCC1. The molecule has 1 N–H and O–H groups in total. The van der Waals surface area contributed by atoms with Gasteiger partial charge in [-0.1, -0.05) is 12.5 Å². The first-order chi connectivity index (χ1) is 8.88. The smallest absolute Gasteiger partial charge is 0.210 e. The number of aryl methyl sites for hydroxylation is 1. The molecule has 1 aromatic rings. The van der Waals surface area contributed by atoms with Crippen molar-refractivity contribution in [2.24, 2.45) is 0 Å². The van der Waals surface area contributed by atoms with Crippen LogP contribution in [-0.2, 0) is 10.0 Å². The summed E-state index contributed by atoms with van der Waals surface area (Å²) in [6.07, 6.45) is 5.42. The summed E-state index contributed by atoms with van der Waals surface area (Å²) in [5, 5.41) is 0. The van der Waals surface area contributed by atoms with E-state index in [9.17, 15) is 8.42 Å². The molecule has 0 aliphatic heterocycles. The molecule has 1 fully saturated rings. The van der Waals surface area contributed by atoms with Gasteiger partial charge in [0.2, 0.25) is 10.0 Å². The minimum atomic E-state index is -3.44. The summed E-state index contributed by atoms with van der Waals surface area (Å²) in [5.74, 6) is 0. The van der Waals surface area contributed by atoms with Gasteiger partial charge in [-0.05, 0) is 59.6 Å². The molecule has 0 heterocycles. The molecule has 3 nitrogen and oxygen atoms in total. The van der Waals surface area contributed by atoms with Crippen LogP contribution in [0, 0.1) is 6.92 Å². The Morgan fingerprint density at radius 1 is 1.42 bits per heavy atom. The zero-order valence-electron chi connectivity index (χ0n) is 11.1. The van der Waals surface area contributed by atoms with Gasteiger partial charge in [0.25, 0.3) is 0 Å².